The number of hydrogen-bond acceptors (Lipinski definition) is 3. The summed E-state index contributed by atoms with van der Waals surface area (Å²) in [5.41, 5.74) is 1.07. The van der Waals surface area contributed by atoms with Crippen molar-refractivity contribution in [2.45, 2.75) is 13.5 Å². The number of amides is 1. The smallest absolute Gasteiger partial charge is 0.226 e. The number of carbonyl (C=O) groups excluding carboxylic acids is 1. The summed E-state index contributed by atoms with van der Waals surface area (Å²) in [6.45, 7) is 3.23. The number of ether oxygens (including phenoxy) is 1. The van der Waals surface area contributed by atoms with Crippen LogP contribution in [0.25, 0.3) is 0 Å². The fourth-order valence-electron chi connectivity index (χ4n) is 1.89. The molecule has 0 saturated carbocycles. The second-order valence-corrected chi connectivity index (χ2v) is 4.50. The molecule has 0 aliphatic carbocycles. The molecule has 1 aromatic carbocycles. The first-order chi connectivity index (χ1) is 8.58. The minimum atomic E-state index is -0.00870. The summed E-state index contributed by atoms with van der Waals surface area (Å²) in [4.78, 5) is 13.8. The Morgan fingerprint density at radius 1 is 1.50 bits per heavy atom. The average molecular weight is 250 g/mol. The van der Waals surface area contributed by atoms with E-state index in [0.717, 1.165) is 11.3 Å². The Bertz CT molecular complexity index is 393. The Morgan fingerprint density at radius 3 is 2.83 bits per heavy atom. The van der Waals surface area contributed by atoms with E-state index >= 15 is 0 Å². The molecule has 1 atom stereocenters. The van der Waals surface area contributed by atoms with Gasteiger partial charge < -0.3 is 15.0 Å². The molecule has 1 rings (SSSR count). The largest absolute Gasteiger partial charge is 0.497 e. The van der Waals surface area contributed by atoms with Crippen molar-refractivity contribution in [2.75, 3.05) is 27.7 Å². The van der Waals surface area contributed by atoms with Crippen LogP contribution in [0.2, 0.25) is 0 Å². The standard InChI is InChI=1S/C14H22N2O2/c1-11(9-15-2)14(17)16(3)10-12-6-5-7-13(8-12)18-4/h5-8,11,15H,9-10H2,1-4H3. The molecule has 1 amide bonds. The summed E-state index contributed by atoms with van der Waals surface area (Å²) in [7, 11) is 5.32. The average Bonchev–Trinajstić information content (AvgIpc) is 2.38. The van der Waals surface area contributed by atoms with Crippen LogP contribution in [-0.4, -0.2) is 38.6 Å². The fourth-order valence-corrected chi connectivity index (χ4v) is 1.89. The fraction of sp³-hybridized carbons (Fsp3) is 0.500. The Labute approximate surface area is 109 Å². The van der Waals surface area contributed by atoms with Crippen LogP contribution in [0.1, 0.15) is 12.5 Å². The summed E-state index contributed by atoms with van der Waals surface area (Å²) in [5.74, 6) is 0.953. The van der Waals surface area contributed by atoms with Crippen molar-refractivity contribution in [3.8, 4) is 5.75 Å². The van der Waals surface area contributed by atoms with Gasteiger partial charge in [0.05, 0.1) is 7.11 Å². The summed E-state index contributed by atoms with van der Waals surface area (Å²) in [6, 6.07) is 7.78. The van der Waals surface area contributed by atoms with Gasteiger partial charge in [0.2, 0.25) is 5.91 Å². The van der Waals surface area contributed by atoms with Gasteiger partial charge in [-0.1, -0.05) is 19.1 Å². The van der Waals surface area contributed by atoms with Crippen molar-refractivity contribution < 1.29 is 9.53 Å². The lowest BCUT2D eigenvalue weighted by molar-refractivity contribution is -0.134. The predicted octanol–water partition coefficient (Wildman–Crippen LogP) is 1.51. The first-order valence-electron chi connectivity index (χ1n) is 6.11. The topological polar surface area (TPSA) is 41.6 Å². The third-order valence-corrected chi connectivity index (χ3v) is 2.86. The van der Waals surface area contributed by atoms with Crippen molar-refractivity contribution in [2.24, 2.45) is 5.92 Å². The zero-order valence-electron chi connectivity index (χ0n) is 11.6. The summed E-state index contributed by atoms with van der Waals surface area (Å²) in [5, 5.41) is 3.02. The normalized spacial score (nSPS) is 12.0. The monoisotopic (exact) mass is 250 g/mol. The zero-order chi connectivity index (χ0) is 13.5. The third kappa shape index (κ3) is 4.04. The molecule has 0 bridgehead atoms. The van der Waals surface area contributed by atoms with E-state index in [-0.39, 0.29) is 11.8 Å². The molecule has 100 valence electrons. The van der Waals surface area contributed by atoms with Crippen LogP contribution in [0.3, 0.4) is 0 Å². The molecule has 0 aliphatic heterocycles. The van der Waals surface area contributed by atoms with Crippen molar-refractivity contribution >= 4 is 5.91 Å². The van der Waals surface area contributed by atoms with E-state index in [1.165, 1.54) is 0 Å². The van der Waals surface area contributed by atoms with Gasteiger partial charge in [-0.05, 0) is 24.7 Å². The molecule has 1 unspecified atom stereocenters. The highest BCUT2D eigenvalue weighted by Gasteiger charge is 2.16. The molecule has 18 heavy (non-hydrogen) atoms. The number of carbonyl (C=O) groups is 1. The minimum absolute atomic E-state index is 0.00870. The van der Waals surface area contributed by atoms with Crippen molar-refractivity contribution in [1.29, 1.82) is 0 Å². The van der Waals surface area contributed by atoms with Crippen molar-refractivity contribution in [3.63, 3.8) is 0 Å². The van der Waals surface area contributed by atoms with Crippen LogP contribution in [0.15, 0.2) is 24.3 Å². The van der Waals surface area contributed by atoms with Gasteiger partial charge in [0.1, 0.15) is 5.75 Å². The number of methoxy groups -OCH3 is 1. The molecule has 4 heteroatoms. The van der Waals surface area contributed by atoms with Crippen LogP contribution < -0.4 is 10.1 Å². The SMILES string of the molecule is CNCC(C)C(=O)N(C)Cc1cccc(OC)c1. The maximum absolute atomic E-state index is 12.0. The van der Waals surface area contributed by atoms with Gasteiger partial charge in [-0.2, -0.15) is 0 Å². The Hall–Kier alpha value is -1.55. The molecule has 0 heterocycles. The number of nitrogens with zero attached hydrogens (tertiary/aromatic N) is 1. The molecule has 0 aromatic heterocycles. The number of hydrogen-bond donors (Lipinski definition) is 1. The van der Waals surface area contributed by atoms with E-state index in [9.17, 15) is 4.79 Å². The first-order valence-corrected chi connectivity index (χ1v) is 6.11. The Balaban J connectivity index is 2.63. The predicted molar refractivity (Wildman–Crippen MR) is 72.6 cm³/mol. The zero-order valence-corrected chi connectivity index (χ0v) is 11.6. The van der Waals surface area contributed by atoms with Crippen molar-refractivity contribution in [1.82, 2.24) is 10.2 Å². The summed E-state index contributed by atoms with van der Waals surface area (Å²) >= 11 is 0. The Morgan fingerprint density at radius 2 is 2.22 bits per heavy atom. The molecule has 0 spiro atoms. The first kappa shape index (κ1) is 14.5. The molecule has 0 fully saturated rings. The van der Waals surface area contributed by atoms with Gasteiger partial charge in [0.15, 0.2) is 0 Å². The van der Waals surface area contributed by atoms with Crippen LogP contribution in [0.4, 0.5) is 0 Å². The highest BCUT2D eigenvalue weighted by Crippen LogP contribution is 2.14. The Kier molecular flexibility index (Phi) is 5.65. The van der Waals surface area contributed by atoms with Crippen LogP contribution in [0.5, 0.6) is 5.75 Å². The lowest BCUT2D eigenvalue weighted by atomic mass is 10.1. The van der Waals surface area contributed by atoms with E-state index in [0.29, 0.717) is 13.1 Å². The van der Waals surface area contributed by atoms with Gasteiger partial charge in [0.25, 0.3) is 0 Å². The molecule has 1 N–H and O–H groups in total. The summed E-state index contributed by atoms with van der Waals surface area (Å²) < 4.78 is 5.17. The second-order valence-electron chi connectivity index (χ2n) is 4.50. The lowest BCUT2D eigenvalue weighted by Gasteiger charge is -2.21. The van der Waals surface area contributed by atoms with Gasteiger partial charge >= 0.3 is 0 Å². The highest BCUT2D eigenvalue weighted by molar-refractivity contribution is 5.78. The lowest BCUT2D eigenvalue weighted by Crippen LogP contribution is -2.35. The number of rotatable bonds is 6. The minimum Gasteiger partial charge on any atom is -0.497 e. The molecule has 4 nitrogen and oxygen atoms in total. The van der Waals surface area contributed by atoms with Crippen molar-refractivity contribution in [3.05, 3.63) is 29.8 Å². The highest BCUT2D eigenvalue weighted by atomic mass is 16.5. The molecule has 0 aliphatic rings. The van der Waals surface area contributed by atoms with Gasteiger partial charge in [-0.25, -0.2) is 0 Å². The number of nitrogens with one attached hydrogen (secondary N) is 1. The second kappa shape index (κ2) is 7.01. The molecule has 0 saturated heterocycles. The van der Waals surface area contributed by atoms with Gasteiger partial charge in [-0.15, -0.1) is 0 Å². The van der Waals surface area contributed by atoms with Crippen LogP contribution in [0, 0.1) is 5.92 Å². The van der Waals surface area contributed by atoms with Crippen LogP contribution >= 0.6 is 0 Å². The van der Waals surface area contributed by atoms with E-state index in [4.69, 9.17) is 4.74 Å². The van der Waals surface area contributed by atoms with E-state index in [2.05, 4.69) is 5.32 Å². The quantitative estimate of drug-likeness (QED) is 0.832. The maximum atomic E-state index is 12.0. The maximum Gasteiger partial charge on any atom is 0.226 e. The molecule has 1 aromatic rings. The number of benzene rings is 1. The van der Waals surface area contributed by atoms with Gasteiger partial charge in [0, 0.05) is 26.1 Å². The molecular weight excluding hydrogens is 228 g/mol. The van der Waals surface area contributed by atoms with E-state index in [1.54, 1.807) is 12.0 Å². The van der Waals surface area contributed by atoms with E-state index in [1.807, 2.05) is 45.3 Å². The molecular formula is C14H22N2O2. The third-order valence-electron chi connectivity index (χ3n) is 2.86. The summed E-state index contributed by atoms with van der Waals surface area (Å²) in [6.07, 6.45) is 0. The van der Waals surface area contributed by atoms with E-state index < -0.39 is 0 Å². The van der Waals surface area contributed by atoms with Gasteiger partial charge in [-0.3, -0.25) is 4.79 Å². The molecule has 0 radical (unpaired) electrons. The van der Waals surface area contributed by atoms with Crippen LogP contribution in [-0.2, 0) is 11.3 Å².